The second-order valence-corrected chi connectivity index (χ2v) is 20.9. The standard InChI is InChI=1S/C58H112O6/c1-6-7-8-9-10-11-12-13-14-15-16-17-20-24-27-30-33-40-45-50-58(61)64-55(52-63-57(60)49-44-39-35-34-37-42-47-54(4)5)51-62-56(59)48-43-38-32-29-26-23-21-18-19-22-25-28-31-36-41-46-53(2)3/h53-55H,6-52H2,1-5H3/t55-/m0/s1. The van der Waals surface area contributed by atoms with E-state index in [-0.39, 0.29) is 31.1 Å². The Hall–Kier alpha value is -1.59. The maximum absolute atomic E-state index is 12.8. The summed E-state index contributed by atoms with van der Waals surface area (Å²) in [4.78, 5) is 38.0. The van der Waals surface area contributed by atoms with Gasteiger partial charge in [0.2, 0.25) is 0 Å². The van der Waals surface area contributed by atoms with Crippen LogP contribution in [0.4, 0.5) is 0 Å². The van der Waals surface area contributed by atoms with Crippen molar-refractivity contribution < 1.29 is 28.6 Å². The fourth-order valence-corrected chi connectivity index (χ4v) is 8.87. The first-order valence-electron chi connectivity index (χ1n) is 28.7. The molecule has 0 rings (SSSR count). The van der Waals surface area contributed by atoms with E-state index in [0.717, 1.165) is 69.6 Å². The number of ether oxygens (including phenoxy) is 3. The lowest BCUT2D eigenvalue weighted by atomic mass is 10.0. The predicted octanol–water partition coefficient (Wildman–Crippen LogP) is 18.9. The van der Waals surface area contributed by atoms with E-state index in [0.29, 0.717) is 19.3 Å². The van der Waals surface area contributed by atoms with E-state index >= 15 is 0 Å². The van der Waals surface area contributed by atoms with E-state index in [9.17, 15) is 14.4 Å². The van der Waals surface area contributed by atoms with Gasteiger partial charge >= 0.3 is 17.9 Å². The molecule has 380 valence electrons. The van der Waals surface area contributed by atoms with Crippen molar-refractivity contribution >= 4 is 17.9 Å². The zero-order valence-electron chi connectivity index (χ0n) is 43.9. The lowest BCUT2D eigenvalue weighted by molar-refractivity contribution is -0.167. The van der Waals surface area contributed by atoms with Crippen LogP contribution in [0.2, 0.25) is 0 Å². The number of hydrogen-bond donors (Lipinski definition) is 0. The molecule has 64 heavy (non-hydrogen) atoms. The number of rotatable bonds is 52. The molecule has 0 aliphatic carbocycles. The molecular weight excluding hydrogens is 793 g/mol. The van der Waals surface area contributed by atoms with E-state index in [1.807, 2.05) is 0 Å². The summed E-state index contributed by atoms with van der Waals surface area (Å²) >= 11 is 0. The second-order valence-electron chi connectivity index (χ2n) is 20.9. The van der Waals surface area contributed by atoms with Gasteiger partial charge in [0.1, 0.15) is 13.2 Å². The molecule has 6 heteroatoms. The highest BCUT2D eigenvalue weighted by Gasteiger charge is 2.19. The van der Waals surface area contributed by atoms with Crippen LogP contribution in [0.5, 0.6) is 0 Å². The minimum absolute atomic E-state index is 0.0638. The van der Waals surface area contributed by atoms with Gasteiger partial charge in [0.05, 0.1) is 0 Å². The maximum Gasteiger partial charge on any atom is 0.306 e. The van der Waals surface area contributed by atoms with Crippen molar-refractivity contribution in [2.75, 3.05) is 13.2 Å². The Kier molecular flexibility index (Phi) is 49.6. The quantitative estimate of drug-likeness (QED) is 0.0344. The molecule has 0 amide bonds. The first-order valence-corrected chi connectivity index (χ1v) is 28.7. The highest BCUT2D eigenvalue weighted by molar-refractivity contribution is 5.71. The minimum atomic E-state index is -0.763. The molecule has 0 aromatic carbocycles. The molecule has 0 saturated heterocycles. The van der Waals surface area contributed by atoms with Gasteiger partial charge in [0.25, 0.3) is 0 Å². The van der Waals surface area contributed by atoms with Crippen molar-refractivity contribution in [3.63, 3.8) is 0 Å². The average molecular weight is 906 g/mol. The molecule has 1 atom stereocenters. The van der Waals surface area contributed by atoms with Gasteiger partial charge in [0.15, 0.2) is 6.10 Å². The summed E-state index contributed by atoms with van der Waals surface area (Å²) in [5, 5.41) is 0. The molecule has 0 fully saturated rings. The molecule has 0 radical (unpaired) electrons. The lowest BCUT2D eigenvalue weighted by Crippen LogP contribution is -2.30. The van der Waals surface area contributed by atoms with E-state index in [2.05, 4.69) is 34.6 Å². The summed E-state index contributed by atoms with van der Waals surface area (Å²) in [7, 11) is 0. The third kappa shape index (κ3) is 51.4. The Labute approximate surface area is 399 Å². The molecule has 0 N–H and O–H groups in total. The summed E-state index contributed by atoms with van der Waals surface area (Å²) in [5.74, 6) is 0.766. The summed E-state index contributed by atoms with van der Waals surface area (Å²) < 4.78 is 16.8. The van der Waals surface area contributed by atoms with Gasteiger partial charge in [-0.2, -0.15) is 0 Å². The van der Waals surface area contributed by atoms with Gasteiger partial charge in [-0.3, -0.25) is 14.4 Å². The molecule has 0 unspecified atom stereocenters. The second kappa shape index (κ2) is 50.8. The highest BCUT2D eigenvalue weighted by Crippen LogP contribution is 2.18. The van der Waals surface area contributed by atoms with Gasteiger partial charge in [-0.25, -0.2) is 0 Å². The van der Waals surface area contributed by atoms with Crippen molar-refractivity contribution in [3.05, 3.63) is 0 Å². The van der Waals surface area contributed by atoms with Crippen molar-refractivity contribution in [1.29, 1.82) is 0 Å². The Balaban J connectivity index is 4.21. The van der Waals surface area contributed by atoms with Crippen LogP contribution < -0.4 is 0 Å². The van der Waals surface area contributed by atoms with Gasteiger partial charge in [-0.05, 0) is 31.1 Å². The summed E-state index contributed by atoms with van der Waals surface area (Å²) in [6.07, 6.45) is 54.0. The lowest BCUT2D eigenvalue weighted by Gasteiger charge is -2.18. The Morgan fingerprint density at radius 3 is 0.766 bits per heavy atom. The first-order chi connectivity index (χ1) is 31.2. The minimum Gasteiger partial charge on any atom is -0.462 e. The Bertz CT molecular complexity index is 978. The Morgan fingerprint density at radius 2 is 0.516 bits per heavy atom. The van der Waals surface area contributed by atoms with Crippen LogP contribution in [-0.2, 0) is 28.6 Å². The number of carbonyl (C=O) groups excluding carboxylic acids is 3. The van der Waals surface area contributed by atoms with Gasteiger partial charge in [-0.1, -0.05) is 285 Å². The van der Waals surface area contributed by atoms with Crippen LogP contribution in [0, 0.1) is 11.8 Å². The molecule has 0 saturated carbocycles. The summed E-state index contributed by atoms with van der Waals surface area (Å²) in [6, 6.07) is 0. The highest BCUT2D eigenvalue weighted by atomic mass is 16.6. The van der Waals surface area contributed by atoms with Crippen LogP contribution in [0.1, 0.15) is 324 Å². The van der Waals surface area contributed by atoms with Crippen molar-refractivity contribution in [2.24, 2.45) is 11.8 Å². The van der Waals surface area contributed by atoms with Gasteiger partial charge in [0, 0.05) is 19.3 Å². The van der Waals surface area contributed by atoms with E-state index in [1.165, 1.54) is 212 Å². The number of carbonyl (C=O) groups is 3. The molecule has 0 aliphatic rings. The summed E-state index contributed by atoms with van der Waals surface area (Å²) in [6.45, 7) is 11.3. The first kappa shape index (κ1) is 62.4. The smallest absolute Gasteiger partial charge is 0.306 e. The van der Waals surface area contributed by atoms with E-state index in [1.54, 1.807) is 0 Å². The van der Waals surface area contributed by atoms with E-state index < -0.39 is 6.10 Å². The molecule has 0 spiro atoms. The van der Waals surface area contributed by atoms with E-state index in [4.69, 9.17) is 14.2 Å². The maximum atomic E-state index is 12.8. The van der Waals surface area contributed by atoms with Crippen molar-refractivity contribution in [3.8, 4) is 0 Å². The van der Waals surface area contributed by atoms with Gasteiger partial charge < -0.3 is 14.2 Å². The number of hydrogen-bond acceptors (Lipinski definition) is 6. The van der Waals surface area contributed by atoms with Crippen LogP contribution >= 0.6 is 0 Å². The molecular formula is C58H112O6. The molecule has 6 nitrogen and oxygen atoms in total. The van der Waals surface area contributed by atoms with Crippen LogP contribution in [0.25, 0.3) is 0 Å². The normalized spacial score (nSPS) is 12.0. The molecule has 0 aliphatic heterocycles. The predicted molar refractivity (Wildman–Crippen MR) is 275 cm³/mol. The number of unbranched alkanes of at least 4 members (excludes halogenated alkanes) is 37. The number of esters is 3. The largest absolute Gasteiger partial charge is 0.462 e. The topological polar surface area (TPSA) is 78.9 Å². The molecule has 0 bridgehead atoms. The van der Waals surface area contributed by atoms with Crippen LogP contribution in [0.3, 0.4) is 0 Å². The third-order valence-electron chi connectivity index (χ3n) is 13.2. The van der Waals surface area contributed by atoms with Gasteiger partial charge in [-0.15, -0.1) is 0 Å². The zero-order chi connectivity index (χ0) is 46.8. The average Bonchev–Trinajstić information content (AvgIpc) is 3.27. The van der Waals surface area contributed by atoms with Crippen LogP contribution in [-0.4, -0.2) is 37.2 Å². The molecule has 0 aromatic rings. The van der Waals surface area contributed by atoms with Crippen LogP contribution in [0.15, 0.2) is 0 Å². The SMILES string of the molecule is CCCCCCCCCCCCCCCCCCCCCC(=O)O[C@@H](COC(=O)CCCCCCCCCCCCCCCCCC(C)C)COC(=O)CCCCCCCCC(C)C. The summed E-state index contributed by atoms with van der Waals surface area (Å²) in [5.41, 5.74) is 0. The molecule has 0 heterocycles. The fraction of sp³-hybridized carbons (Fsp3) is 0.948. The zero-order valence-corrected chi connectivity index (χ0v) is 43.9. The fourth-order valence-electron chi connectivity index (χ4n) is 8.87. The molecule has 0 aromatic heterocycles. The van der Waals surface area contributed by atoms with Crippen molar-refractivity contribution in [2.45, 2.75) is 330 Å². The monoisotopic (exact) mass is 905 g/mol. The third-order valence-corrected chi connectivity index (χ3v) is 13.2. The Morgan fingerprint density at radius 1 is 0.297 bits per heavy atom. The van der Waals surface area contributed by atoms with Crippen molar-refractivity contribution in [1.82, 2.24) is 0 Å².